The Morgan fingerprint density at radius 3 is 2.71 bits per heavy atom. The minimum Gasteiger partial charge on any atom is -0.478 e. The summed E-state index contributed by atoms with van der Waals surface area (Å²) in [5.74, 6) is 1.34. The van der Waals surface area contributed by atoms with E-state index in [-0.39, 0.29) is 0 Å². The molecule has 0 aliphatic heterocycles. The van der Waals surface area contributed by atoms with E-state index in [0.29, 0.717) is 11.8 Å². The van der Waals surface area contributed by atoms with Gasteiger partial charge in [-0.1, -0.05) is 26.7 Å². The Bertz CT molecular complexity index is 328. The van der Waals surface area contributed by atoms with Crippen LogP contribution >= 0.6 is 0 Å². The van der Waals surface area contributed by atoms with Crippen LogP contribution < -0.4 is 10.1 Å². The molecule has 0 amide bonds. The second kappa shape index (κ2) is 7.87. The van der Waals surface area contributed by atoms with E-state index in [1.165, 1.54) is 12.8 Å². The SMILES string of the molecule is CCCCCOc1cc(C)nc(NCCC)n1. The standard InChI is InChI=1S/C13H23N3O/c1-4-6-7-9-17-12-10-11(3)15-13(16-12)14-8-5-2/h10H,4-9H2,1-3H3,(H,14,15,16). The number of hydrogen-bond donors (Lipinski definition) is 1. The molecule has 0 fully saturated rings. The lowest BCUT2D eigenvalue weighted by atomic mass is 10.3. The third-order valence-electron chi connectivity index (χ3n) is 2.36. The van der Waals surface area contributed by atoms with E-state index in [9.17, 15) is 0 Å². The molecule has 96 valence electrons. The first kappa shape index (κ1) is 13.7. The third kappa shape index (κ3) is 5.52. The van der Waals surface area contributed by atoms with Gasteiger partial charge in [-0.2, -0.15) is 4.98 Å². The van der Waals surface area contributed by atoms with E-state index in [0.717, 1.165) is 31.7 Å². The zero-order valence-corrected chi connectivity index (χ0v) is 11.1. The molecule has 1 rings (SSSR count). The summed E-state index contributed by atoms with van der Waals surface area (Å²) in [5, 5.41) is 3.17. The van der Waals surface area contributed by atoms with Gasteiger partial charge in [-0.05, 0) is 19.8 Å². The number of anilines is 1. The van der Waals surface area contributed by atoms with Crippen molar-refractivity contribution in [1.82, 2.24) is 9.97 Å². The zero-order chi connectivity index (χ0) is 12.5. The van der Waals surface area contributed by atoms with Gasteiger partial charge < -0.3 is 10.1 Å². The first-order valence-electron chi connectivity index (χ1n) is 6.48. The molecule has 0 aromatic carbocycles. The summed E-state index contributed by atoms with van der Waals surface area (Å²) in [6.07, 6.45) is 4.54. The maximum absolute atomic E-state index is 5.62. The predicted molar refractivity (Wildman–Crippen MR) is 70.6 cm³/mol. The Morgan fingerprint density at radius 1 is 1.18 bits per heavy atom. The summed E-state index contributed by atoms with van der Waals surface area (Å²) < 4.78 is 5.62. The van der Waals surface area contributed by atoms with Crippen molar-refractivity contribution in [2.75, 3.05) is 18.5 Å². The van der Waals surface area contributed by atoms with Crippen molar-refractivity contribution in [1.29, 1.82) is 0 Å². The molecule has 1 aromatic rings. The van der Waals surface area contributed by atoms with Crippen LogP contribution in [0.4, 0.5) is 5.95 Å². The van der Waals surface area contributed by atoms with Crippen molar-refractivity contribution in [2.24, 2.45) is 0 Å². The summed E-state index contributed by atoms with van der Waals surface area (Å²) >= 11 is 0. The van der Waals surface area contributed by atoms with Crippen molar-refractivity contribution >= 4 is 5.95 Å². The number of aryl methyl sites for hydroxylation is 1. The van der Waals surface area contributed by atoms with Crippen molar-refractivity contribution in [3.05, 3.63) is 11.8 Å². The van der Waals surface area contributed by atoms with Gasteiger partial charge in [-0.25, -0.2) is 4.98 Å². The fourth-order valence-electron chi connectivity index (χ4n) is 1.46. The molecule has 0 bridgehead atoms. The minimum absolute atomic E-state index is 0.664. The van der Waals surface area contributed by atoms with Crippen molar-refractivity contribution < 1.29 is 4.74 Å². The molecule has 0 saturated carbocycles. The van der Waals surface area contributed by atoms with Crippen LogP contribution in [0.3, 0.4) is 0 Å². The minimum atomic E-state index is 0.664. The first-order chi connectivity index (χ1) is 8.26. The van der Waals surface area contributed by atoms with Gasteiger partial charge in [0, 0.05) is 18.3 Å². The molecule has 17 heavy (non-hydrogen) atoms. The molecule has 0 spiro atoms. The van der Waals surface area contributed by atoms with Crippen LogP contribution in [-0.4, -0.2) is 23.1 Å². The first-order valence-corrected chi connectivity index (χ1v) is 6.48. The van der Waals surface area contributed by atoms with E-state index >= 15 is 0 Å². The van der Waals surface area contributed by atoms with E-state index in [4.69, 9.17) is 4.74 Å². The van der Waals surface area contributed by atoms with Crippen LogP contribution in [0.25, 0.3) is 0 Å². The maximum Gasteiger partial charge on any atom is 0.226 e. The number of ether oxygens (including phenoxy) is 1. The van der Waals surface area contributed by atoms with Gasteiger partial charge in [0.1, 0.15) is 0 Å². The van der Waals surface area contributed by atoms with E-state index in [2.05, 4.69) is 29.1 Å². The molecule has 0 aliphatic rings. The van der Waals surface area contributed by atoms with E-state index in [1.807, 2.05) is 13.0 Å². The molecule has 4 nitrogen and oxygen atoms in total. The molecule has 0 saturated heterocycles. The average molecular weight is 237 g/mol. The monoisotopic (exact) mass is 237 g/mol. The Morgan fingerprint density at radius 2 is 2.00 bits per heavy atom. The summed E-state index contributed by atoms with van der Waals surface area (Å²) in [6.45, 7) is 7.88. The number of hydrogen-bond acceptors (Lipinski definition) is 4. The number of nitrogens with one attached hydrogen (secondary N) is 1. The van der Waals surface area contributed by atoms with Crippen LogP contribution in [0.1, 0.15) is 45.2 Å². The van der Waals surface area contributed by atoms with Gasteiger partial charge in [-0.3, -0.25) is 0 Å². The number of nitrogens with zero attached hydrogens (tertiary/aromatic N) is 2. The van der Waals surface area contributed by atoms with Crippen LogP contribution in [0.15, 0.2) is 6.07 Å². The number of aromatic nitrogens is 2. The van der Waals surface area contributed by atoms with Crippen LogP contribution in [0.2, 0.25) is 0 Å². The molecule has 4 heteroatoms. The number of unbranched alkanes of at least 4 members (excludes halogenated alkanes) is 2. The highest BCUT2D eigenvalue weighted by Crippen LogP contribution is 2.12. The lowest BCUT2D eigenvalue weighted by molar-refractivity contribution is 0.294. The van der Waals surface area contributed by atoms with E-state index in [1.54, 1.807) is 0 Å². The van der Waals surface area contributed by atoms with Gasteiger partial charge in [-0.15, -0.1) is 0 Å². The van der Waals surface area contributed by atoms with Crippen molar-refractivity contribution in [3.8, 4) is 5.88 Å². The topological polar surface area (TPSA) is 47.0 Å². The predicted octanol–water partition coefficient (Wildman–Crippen LogP) is 3.18. The smallest absolute Gasteiger partial charge is 0.226 e. The molecule has 1 heterocycles. The molecule has 1 aromatic heterocycles. The maximum atomic E-state index is 5.62. The van der Waals surface area contributed by atoms with Crippen molar-refractivity contribution in [2.45, 2.75) is 46.5 Å². The summed E-state index contributed by atoms with van der Waals surface area (Å²) in [5.41, 5.74) is 0.934. The Balaban J connectivity index is 2.50. The third-order valence-corrected chi connectivity index (χ3v) is 2.36. The zero-order valence-electron chi connectivity index (χ0n) is 11.1. The van der Waals surface area contributed by atoms with Gasteiger partial charge in [0.25, 0.3) is 0 Å². The van der Waals surface area contributed by atoms with E-state index < -0.39 is 0 Å². The highest BCUT2D eigenvalue weighted by Gasteiger charge is 2.02. The average Bonchev–Trinajstić information content (AvgIpc) is 2.31. The summed E-state index contributed by atoms with van der Waals surface area (Å²) in [7, 11) is 0. The highest BCUT2D eigenvalue weighted by molar-refractivity contribution is 5.30. The summed E-state index contributed by atoms with van der Waals surface area (Å²) in [6, 6.07) is 1.88. The molecule has 0 aliphatic carbocycles. The molecule has 0 radical (unpaired) electrons. The van der Waals surface area contributed by atoms with Gasteiger partial charge >= 0.3 is 0 Å². The van der Waals surface area contributed by atoms with Gasteiger partial charge in [0.2, 0.25) is 11.8 Å². The fourth-order valence-corrected chi connectivity index (χ4v) is 1.46. The quantitative estimate of drug-likeness (QED) is 0.705. The molecule has 0 unspecified atom stereocenters. The van der Waals surface area contributed by atoms with Crippen LogP contribution in [-0.2, 0) is 0 Å². The van der Waals surface area contributed by atoms with Crippen LogP contribution in [0.5, 0.6) is 5.88 Å². The Labute approximate surface area is 104 Å². The van der Waals surface area contributed by atoms with Crippen molar-refractivity contribution in [3.63, 3.8) is 0 Å². The Hall–Kier alpha value is -1.32. The molecule has 1 N–H and O–H groups in total. The molecule has 0 atom stereocenters. The fraction of sp³-hybridized carbons (Fsp3) is 0.692. The van der Waals surface area contributed by atoms with Gasteiger partial charge in [0.15, 0.2) is 0 Å². The van der Waals surface area contributed by atoms with Crippen LogP contribution in [0, 0.1) is 6.92 Å². The lowest BCUT2D eigenvalue weighted by Gasteiger charge is -2.08. The lowest BCUT2D eigenvalue weighted by Crippen LogP contribution is -2.07. The highest BCUT2D eigenvalue weighted by atomic mass is 16.5. The summed E-state index contributed by atoms with van der Waals surface area (Å²) in [4.78, 5) is 8.64. The normalized spacial score (nSPS) is 10.3. The number of rotatable bonds is 8. The molecular weight excluding hydrogens is 214 g/mol. The molecular formula is C13H23N3O. The second-order valence-corrected chi connectivity index (χ2v) is 4.15. The second-order valence-electron chi connectivity index (χ2n) is 4.15. The van der Waals surface area contributed by atoms with Gasteiger partial charge in [0.05, 0.1) is 6.61 Å². The Kier molecular flexibility index (Phi) is 6.37. The largest absolute Gasteiger partial charge is 0.478 e.